The third kappa shape index (κ3) is 2.38. The lowest BCUT2D eigenvalue weighted by atomic mass is 10.2. The smallest absolute Gasteiger partial charge is 0.181 e. The van der Waals surface area contributed by atoms with Crippen molar-refractivity contribution in [2.24, 2.45) is 5.73 Å². The van der Waals surface area contributed by atoms with E-state index in [-0.39, 0.29) is 0 Å². The molecule has 0 aliphatic carbocycles. The van der Waals surface area contributed by atoms with E-state index < -0.39 is 0 Å². The van der Waals surface area contributed by atoms with E-state index in [1.165, 1.54) is 0 Å². The number of aryl methyl sites for hydroxylation is 1. The van der Waals surface area contributed by atoms with Crippen molar-refractivity contribution in [3.63, 3.8) is 0 Å². The second kappa shape index (κ2) is 4.65. The normalized spacial score (nSPS) is 10.5. The van der Waals surface area contributed by atoms with Gasteiger partial charge in [-0.25, -0.2) is 4.98 Å². The van der Waals surface area contributed by atoms with Crippen LogP contribution in [0.1, 0.15) is 12.2 Å². The van der Waals surface area contributed by atoms with E-state index in [0.29, 0.717) is 12.4 Å². The van der Waals surface area contributed by atoms with E-state index in [2.05, 4.69) is 20.2 Å². The van der Waals surface area contributed by atoms with Gasteiger partial charge in [0.1, 0.15) is 5.82 Å². The Morgan fingerprint density at radius 3 is 2.80 bits per heavy atom. The van der Waals surface area contributed by atoms with Gasteiger partial charge < -0.3 is 5.73 Å². The molecule has 0 aliphatic rings. The van der Waals surface area contributed by atoms with Gasteiger partial charge in [0.2, 0.25) is 0 Å². The number of nitrogens with zero attached hydrogens (tertiary/aromatic N) is 3. The van der Waals surface area contributed by atoms with Crippen molar-refractivity contribution in [3.8, 4) is 11.4 Å². The van der Waals surface area contributed by atoms with E-state index in [1.54, 1.807) is 12.4 Å². The average molecular weight is 203 g/mol. The standard InChI is InChI=1S/C10H13N5/c11-5-1-2-9-13-10(15-14-9)8-3-6-12-7-4-8/h3-4,6-7H,1-2,5,11H2,(H,13,14,15). The Hall–Kier alpha value is -1.75. The molecule has 0 aliphatic heterocycles. The maximum atomic E-state index is 5.42. The minimum atomic E-state index is 0.672. The van der Waals surface area contributed by atoms with E-state index >= 15 is 0 Å². The van der Waals surface area contributed by atoms with Gasteiger partial charge in [-0.05, 0) is 25.1 Å². The summed E-state index contributed by atoms with van der Waals surface area (Å²) < 4.78 is 0. The van der Waals surface area contributed by atoms with Gasteiger partial charge >= 0.3 is 0 Å². The van der Waals surface area contributed by atoms with Crippen LogP contribution in [0.5, 0.6) is 0 Å². The fourth-order valence-corrected chi connectivity index (χ4v) is 1.31. The van der Waals surface area contributed by atoms with Crippen LogP contribution in [0.2, 0.25) is 0 Å². The second-order valence-corrected chi connectivity index (χ2v) is 3.23. The Labute approximate surface area is 87.8 Å². The van der Waals surface area contributed by atoms with E-state index in [1.807, 2.05) is 12.1 Å². The molecule has 0 saturated carbocycles. The van der Waals surface area contributed by atoms with Gasteiger partial charge in [0.15, 0.2) is 5.82 Å². The summed E-state index contributed by atoms with van der Waals surface area (Å²) in [7, 11) is 0. The van der Waals surface area contributed by atoms with Crippen molar-refractivity contribution in [2.45, 2.75) is 12.8 Å². The molecule has 0 radical (unpaired) electrons. The Morgan fingerprint density at radius 2 is 2.07 bits per heavy atom. The minimum Gasteiger partial charge on any atom is -0.330 e. The van der Waals surface area contributed by atoms with Gasteiger partial charge in [0.05, 0.1) is 0 Å². The summed E-state index contributed by atoms with van der Waals surface area (Å²) >= 11 is 0. The van der Waals surface area contributed by atoms with Crippen molar-refractivity contribution in [1.82, 2.24) is 20.2 Å². The number of H-pyrrole nitrogens is 1. The highest BCUT2D eigenvalue weighted by atomic mass is 15.2. The van der Waals surface area contributed by atoms with Gasteiger partial charge in [-0.3, -0.25) is 10.1 Å². The van der Waals surface area contributed by atoms with Crippen molar-refractivity contribution < 1.29 is 0 Å². The van der Waals surface area contributed by atoms with Crippen LogP contribution in [0.3, 0.4) is 0 Å². The van der Waals surface area contributed by atoms with Crippen LogP contribution in [-0.4, -0.2) is 26.7 Å². The summed E-state index contributed by atoms with van der Waals surface area (Å²) in [6.45, 7) is 0.672. The highest BCUT2D eigenvalue weighted by Gasteiger charge is 2.04. The first-order valence-corrected chi connectivity index (χ1v) is 4.92. The molecule has 3 N–H and O–H groups in total. The molecule has 0 unspecified atom stereocenters. The molecule has 5 heteroatoms. The largest absolute Gasteiger partial charge is 0.330 e. The van der Waals surface area contributed by atoms with Crippen LogP contribution in [0.4, 0.5) is 0 Å². The number of aromatic nitrogens is 4. The number of aromatic amines is 1. The third-order valence-corrected chi connectivity index (χ3v) is 2.09. The Morgan fingerprint density at radius 1 is 1.27 bits per heavy atom. The number of pyridine rings is 1. The minimum absolute atomic E-state index is 0.672. The van der Waals surface area contributed by atoms with Crippen molar-refractivity contribution in [1.29, 1.82) is 0 Å². The zero-order chi connectivity index (χ0) is 10.5. The lowest BCUT2D eigenvalue weighted by molar-refractivity contribution is 0.785. The van der Waals surface area contributed by atoms with E-state index in [0.717, 1.165) is 24.2 Å². The molecule has 0 atom stereocenters. The van der Waals surface area contributed by atoms with Gasteiger partial charge in [0.25, 0.3) is 0 Å². The molecular weight excluding hydrogens is 190 g/mol. The SMILES string of the molecule is NCCCc1nc(-c2ccncc2)n[nH]1. The molecular formula is C10H13N5. The first kappa shape index (κ1) is 9.79. The summed E-state index contributed by atoms with van der Waals surface area (Å²) in [5.41, 5.74) is 6.40. The second-order valence-electron chi connectivity index (χ2n) is 3.23. The number of nitrogens with one attached hydrogen (secondary N) is 1. The van der Waals surface area contributed by atoms with Gasteiger partial charge in [-0.15, -0.1) is 0 Å². The summed E-state index contributed by atoms with van der Waals surface area (Å²) in [5, 5.41) is 7.04. The highest BCUT2D eigenvalue weighted by molar-refractivity contribution is 5.52. The lowest BCUT2D eigenvalue weighted by Gasteiger charge is -1.92. The molecule has 0 amide bonds. The van der Waals surface area contributed by atoms with Crippen LogP contribution in [0.25, 0.3) is 11.4 Å². The first-order valence-electron chi connectivity index (χ1n) is 4.92. The molecule has 2 heterocycles. The molecule has 0 aromatic carbocycles. The highest BCUT2D eigenvalue weighted by Crippen LogP contribution is 2.12. The summed E-state index contributed by atoms with van der Waals surface area (Å²) in [6, 6.07) is 3.77. The molecule has 2 aromatic rings. The van der Waals surface area contributed by atoms with Gasteiger partial charge in [0, 0.05) is 24.4 Å². The molecule has 2 rings (SSSR count). The summed E-state index contributed by atoms with van der Waals surface area (Å²) in [4.78, 5) is 8.31. The van der Waals surface area contributed by atoms with Crippen LogP contribution < -0.4 is 5.73 Å². The molecule has 78 valence electrons. The fourth-order valence-electron chi connectivity index (χ4n) is 1.31. The zero-order valence-electron chi connectivity index (χ0n) is 8.35. The van der Waals surface area contributed by atoms with Crippen LogP contribution in [0, 0.1) is 0 Å². The maximum Gasteiger partial charge on any atom is 0.181 e. The monoisotopic (exact) mass is 203 g/mol. The quantitative estimate of drug-likeness (QED) is 0.768. The van der Waals surface area contributed by atoms with E-state index in [4.69, 9.17) is 5.73 Å². The molecule has 5 nitrogen and oxygen atoms in total. The Kier molecular flexibility index (Phi) is 3.04. The molecule has 2 aromatic heterocycles. The fraction of sp³-hybridized carbons (Fsp3) is 0.300. The Bertz CT molecular complexity index is 409. The van der Waals surface area contributed by atoms with Gasteiger partial charge in [-0.2, -0.15) is 5.10 Å². The van der Waals surface area contributed by atoms with Crippen LogP contribution >= 0.6 is 0 Å². The molecule has 0 saturated heterocycles. The van der Waals surface area contributed by atoms with Crippen molar-refractivity contribution >= 4 is 0 Å². The molecule has 0 fully saturated rings. The van der Waals surface area contributed by atoms with Crippen molar-refractivity contribution in [3.05, 3.63) is 30.4 Å². The number of hydrogen-bond acceptors (Lipinski definition) is 4. The van der Waals surface area contributed by atoms with Gasteiger partial charge in [-0.1, -0.05) is 0 Å². The third-order valence-electron chi connectivity index (χ3n) is 2.09. The lowest BCUT2D eigenvalue weighted by Crippen LogP contribution is -2.01. The van der Waals surface area contributed by atoms with Crippen LogP contribution in [0.15, 0.2) is 24.5 Å². The topological polar surface area (TPSA) is 80.5 Å². The van der Waals surface area contributed by atoms with Crippen LogP contribution in [-0.2, 0) is 6.42 Å². The summed E-state index contributed by atoms with van der Waals surface area (Å²) in [5.74, 6) is 1.59. The summed E-state index contributed by atoms with van der Waals surface area (Å²) in [6.07, 6.45) is 5.22. The predicted octanol–water partition coefficient (Wildman–Crippen LogP) is 0.758. The average Bonchev–Trinajstić information content (AvgIpc) is 2.76. The van der Waals surface area contributed by atoms with Crippen molar-refractivity contribution in [2.75, 3.05) is 6.54 Å². The molecule has 0 bridgehead atoms. The predicted molar refractivity (Wildman–Crippen MR) is 57.0 cm³/mol. The number of rotatable bonds is 4. The maximum absolute atomic E-state index is 5.42. The molecule has 15 heavy (non-hydrogen) atoms. The first-order chi connectivity index (χ1) is 7.40. The Balaban J connectivity index is 2.14. The number of hydrogen-bond donors (Lipinski definition) is 2. The zero-order valence-corrected chi connectivity index (χ0v) is 8.35. The number of nitrogens with two attached hydrogens (primary N) is 1. The molecule has 0 spiro atoms. The van der Waals surface area contributed by atoms with E-state index in [9.17, 15) is 0 Å².